The molecule has 0 amide bonds. The summed E-state index contributed by atoms with van der Waals surface area (Å²) < 4.78 is 77.2. The molecule has 140 valence electrons. The highest BCUT2D eigenvalue weighted by Gasteiger charge is 2.36. The predicted octanol–water partition coefficient (Wildman–Crippen LogP) is 6.88. The second kappa shape index (κ2) is 6.78. The van der Waals surface area contributed by atoms with E-state index in [4.69, 9.17) is 23.2 Å². The Kier molecular flexibility index (Phi) is 5.36. The summed E-state index contributed by atoms with van der Waals surface area (Å²) in [6, 6.07) is 3.20. The molecule has 0 N–H and O–H groups in total. The minimum absolute atomic E-state index is 0.123. The van der Waals surface area contributed by atoms with Crippen molar-refractivity contribution in [2.45, 2.75) is 26.2 Å². The second-order valence-electron chi connectivity index (χ2n) is 5.52. The summed E-state index contributed by atoms with van der Waals surface area (Å²) in [5, 5.41) is -1.28. The molecule has 0 aliphatic heterocycles. The van der Waals surface area contributed by atoms with Crippen LogP contribution in [0.3, 0.4) is 0 Å². The van der Waals surface area contributed by atoms with Gasteiger partial charge >= 0.3 is 12.4 Å². The van der Waals surface area contributed by atoms with Crippen molar-refractivity contribution in [2.75, 3.05) is 0 Å². The first kappa shape index (κ1) is 20.6. The van der Waals surface area contributed by atoms with Crippen LogP contribution in [-0.2, 0) is 12.4 Å². The number of rotatable bonds is 2. The Morgan fingerprint density at radius 2 is 1.04 bits per heavy atom. The van der Waals surface area contributed by atoms with E-state index in [1.807, 2.05) is 0 Å². The Labute approximate surface area is 154 Å². The van der Waals surface area contributed by atoms with E-state index < -0.39 is 39.3 Å². The van der Waals surface area contributed by atoms with Crippen molar-refractivity contribution in [1.29, 1.82) is 0 Å². The van der Waals surface area contributed by atoms with Gasteiger partial charge in [0.25, 0.3) is 0 Å². The van der Waals surface area contributed by atoms with Crippen LogP contribution in [0.25, 0.3) is 0 Å². The molecule has 26 heavy (non-hydrogen) atoms. The topological polar surface area (TPSA) is 17.1 Å². The van der Waals surface area contributed by atoms with Crippen LogP contribution in [0.4, 0.5) is 26.3 Å². The maximum absolute atomic E-state index is 12.9. The SMILES string of the molecule is Cc1c(C(=O)c2ccc(C(F)(F)F)c(Cl)c2C)ccc(C(F)(F)F)c1Cl. The van der Waals surface area contributed by atoms with Crippen LogP contribution >= 0.6 is 23.2 Å². The van der Waals surface area contributed by atoms with Gasteiger partial charge in [0.15, 0.2) is 5.78 Å². The normalized spacial score (nSPS) is 12.4. The number of hydrogen-bond donors (Lipinski definition) is 0. The Bertz CT molecular complexity index is 813. The summed E-state index contributed by atoms with van der Waals surface area (Å²) in [4.78, 5) is 12.6. The molecule has 0 saturated heterocycles. The van der Waals surface area contributed by atoms with Crippen molar-refractivity contribution < 1.29 is 31.1 Å². The first-order chi connectivity index (χ1) is 11.8. The number of ketones is 1. The molecule has 0 radical (unpaired) electrons. The monoisotopic (exact) mass is 414 g/mol. The molecule has 0 fully saturated rings. The van der Waals surface area contributed by atoms with Crippen molar-refractivity contribution in [3.05, 3.63) is 67.7 Å². The van der Waals surface area contributed by atoms with E-state index in [2.05, 4.69) is 0 Å². The predicted molar refractivity (Wildman–Crippen MR) is 85.8 cm³/mol. The molecule has 0 bridgehead atoms. The van der Waals surface area contributed by atoms with Crippen molar-refractivity contribution in [3.63, 3.8) is 0 Å². The molecule has 0 spiro atoms. The lowest BCUT2D eigenvalue weighted by Gasteiger charge is -2.16. The smallest absolute Gasteiger partial charge is 0.289 e. The van der Waals surface area contributed by atoms with Crippen LogP contribution in [0, 0.1) is 13.8 Å². The zero-order valence-corrected chi connectivity index (χ0v) is 14.8. The summed E-state index contributed by atoms with van der Waals surface area (Å²) in [6.45, 7) is 2.46. The Balaban J connectivity index is 2.58. The third-order valence-corrected chi connectivity index (χ3v) is 4.85. The van der Waals surface area contributed by atoms with Crippen LogP contribution < -0.4 is 0 Å². The fraction of sp³-hybridized carbons (Fsp3) is 0.235. The summed E-state index contributed by atoms with van der Waals surface area (Å²) in [7, 11) is 0. The average Bonchev–Trinajstić information content (AvgIpc) is 2.49. The highest BCUT2D eigenvalue weighted by atomic mass is 35.5. The number of hydrogen-bond acceptors (Lipinski definition) is 1. The van der Waals surface area contributed by atoms with Gasteiger partial charge in [-0.15, -0.1) is 0 Å². The number of alkyl halides is 6. The summed E-state index contributed by atoms with van der Waals surface area (Å²) >= 11 is 11.4. The minimum Gasteiger partial charge on any atom is -0.289 e. The van der Waals surface area contributed by atoms with E-state index in [1.54, 1.807) is 0 Å². The van der Waals surface area contributed by atoms with E-state index in [0.717, 1.165) is 12.1 Å². The molecule has 9 heteroatoms. The fourth-order valence-electron chi connectivity index (χ4n) is 2.45. The van der Waals surface area contributed by atoms with Crippen LogP contribution in [0.1, 0.15) is 38.2 Å². The molecule has 2 aromatic carbocycles. The molecule has 2 rings (SSSR count). The van der Waals surface area contributed by atoms with Gasteiger partial charge in [0.05, 0.1) is 21.2 Å². The Morgan fingerprint density at radius 1 is 0.731 bits per heavy atom. The molecular weight excluding hydrogens is 405 g/mol. The average molecular weight is 415 g/mol. The molecular formula is C17H10Cl2F6O. The number of carbonyl (C=O) groups is 1. The van der Waals surface area contributed by atoms with Gasteiger partial charge in [-0.25, -0.2) is 0 Å². The van der Waals surface area contributed by atoms with Gasteiger partial charge in [0.2, 0.25) is 0 Å². The third kappa shape index (κ3) is 3.69. The van der Waals surface area contributed by atoms with E-state index in [9.17, 15) is 31.1 Å². The van der Waals surface area contributed by atoms with Gasteiger partial charge in [-0.1, -0.05) is 35.3 Å². The molecule has 0 aromatic heterocycles. The molecule has 1 nitrogen and oxygen atoms in total. The van der Waals surface area contributed by atoms with Crippen molar-refractivity contribution in [3.8, 4) is 0 Å². The van der Waals surface area contributed by atoms with Gasteiger partial charge in [-0.2, -0.15) is 26.3 Å². The van der Waals surface area contributed by atoms with Gasteiger partial charge < -0.3 is 0 Å². The van der Waals surface area contributed by atoms with E-state index in [0.29, 0.717) is 12.1 Å². The fourth-order valence-corrected chi connectivity index (χ4v) is 2.99. The van der Waals surface area contributed by atoms with Crippen LogP contribution in [-0.4, -0.2) is 5.78 Å². The summed E-state index contributed by atoms with van der Waals surface area (Å²) in [5.74, 6) is -0.772. The highest BCUT2D eigenvalue weighted by Crippen LogP contribution is 2.40. The molecule has 0 aliphatic carbocycles. The highest BCUT2D eigenvalue weighted by molar-refractivity contribution is 6.34. The quantitative estimate of drug-likeness (QED) is 0.386. The lowest BCUT2D eigenvalue weighted by Crippen LogP contribution is -2.13. The zero-order chi connectivity index (χ0) is 20.0. The lowest BCUT2D eigenvalue weighted by molar-refractivity contribution is -0.138. The summed E-state index contributed by atoms with van der Waals surface area (Å²) in [5.41, 5.74) is -2.75. The Morgan fingerprint density at radius 3 is 1.31 bits per heavy atom. The number of benzene rings is 2. The molecule has 0 heterocycles. The van der Waals surface area contributed by atoms with Crippen molar-refractivity contribution in [1.82, 2.24) is 0 Å². The minimum atomic E-state index is -4.70. The van der Waals surface area contributed by atoms with Crippen molar-refractivity contribution in [2.24, 2.45) is 0 Å². The standard InChI is InChI=1S/C17H10Cl2F6O/c1-7-9(3-5-11(13(7)18)16(20,21)22)15(26)10-4-6-12(17(23,24)25)14(19)8(10)2/h3-6H,1-2H3. The van der Waals surface area contributed by atoms with Gasteiger partial charge in [0, 0.05) is 11.1 Å². The van der Waals surface area contributed by atoms with Crippen LogP contribution in [0.2, 0.25) is 10.0 Å². The zero-order valence-electron chi connectivity index (χ0n) is 13.2. The second-order valence-corrected chi connectivity index (χ2v) is 6.28. The molecule has 0 atom stereocenters. The maximum Gasteiger partial charge on any atom is 0.417 e. The molecule has 0 aliphatic rings. The lowest BCUT2D eigenvalue weighted by atomic mass is 9.93. The molecule has 2 aromatic rings. The van der Waals surface area contributed by atoms with Gasteiger partial charge in [0.1, 0.15) is 0 Å². The van der Waals surface area contributed by atoms with Crippen molar-refractivity contribution >= 4 is 29.0 Å². The molecule has 0 unspecified atom stereocenters. The third-order valence-electron chi connectivity index (χ3n) is 3.87. The van der Waals surface area contributed by atoms with Crippen LogP contribution in [0.5, 0.6) is 0 Å². The number of halogens is 8. The summed E-state index contributed by atoms with van der Waals surface area (Å²) in [6.07, 6.45) is -9.39. The van der Waals surface area contributed by atoms with E-state index >= 15 is 0 Å². The molecule has 0 saturated carbocycles. The first-order valence-corrected chi connectivity index (χ1v) is 7.79. The van der Waals surface area contributed by atoms with Gasteiger partial charge in [-0.3, -0.25) is 4.79 Å². The van der Waals surface area contributed by atoms with Crippen LogP contribution in [0.15, 0.2) is 24.3 Å². The van der Waals surface area contributed by atoms with E-state index in [1.165, 1.54) is 13.8 Å². The first-order valence-electron chi connectivity index (χ1n) is 7.04. The maximum atomic E-state index is 12.9. The largest absolute Gasteiger partial charge is 0.417 e. The van der Waals surface area contributed by atoms with E-state index in [-0.39, 0.29) is 22.3 Å². The Hall–Kier alpha value is -1.73. The number of carbonyl (C=O) groups excluding carboxylic acids is 1. The van der Waals surface area contributed by atoms with Gasteiger partial charge in [-0.05, 0) is 37.1 Å².